The molecule has 0 aliphatic carbocycles. The average molecular weight is 240 g/mol. The number of hydrogen-bond donors (Lipinski definition) is 2. The number of aromatic nitrogens is 2. The first-order valence-electron chi connectivity index (χ1n) is 3.59. The molecule has 4 nitrogen and oxygen atoms in total. The summed E-state index contributed by atoms with van der Waals surface area (Å²) in [6.45, 7) is 0. The number of para-hydroxylation sites is 1. The Morgan fingerprint density at radius 2 is 2.08 bits per heavy atom. The Morgan fingerprint density at radius 1 is 1.31 bits per heavy atom. The van der Waals surface area contributed by atoms with Crippen LogP contribution in [0.15, 0.2) is 22.9 Å². The van der Waals surface area contributed by atoms with E-state index in [1.54, 1.807) is 18.2 Å². The number of anilines is 1. The van der Waals surface area contributed by atoms with E-state index < -0.39 is 0 Å². The maximum atomic E-state index is 9.45. The van der Waals surface area contributed by atoms with Crippen molar-refractivity contribution < 1.29 is 5.11 Å². The molecule has 0 saturated heterocycles. The average Bonchev–Trinajstić information content (AvgIpc) is 2.07. The number of rotatable bonds is 0. The van der Waals surface area contributed by atoms with Gasteiger partial charge in [-0.1, -0.05) is 6.07 Å². The molecule has 2 rings (SSSR count). The number of aromatic hydroxyl groups is 1. The monoisotopic (exact) mass is 239 g/mol. The van der Waals surface area contributed by atoms with Crippen LogP contribution in [0.3, 0.4) is 0 Å². The van der Waals surface area contributed by atoms with Crippen molar-refractivity contribution in [1.29, 1.82) is 0 Å². The molecule has 66 valence electrons. The molecule has 0 fully saturated rings. The third kappa shape index (κ3) is 1.31. The summed E-state index contributed by atoms with van der Waals surface area (Å²) in [5.74, 6) is 0.458. The lowest BCUT2D eigenvalue weighted by molar-refractivity contribution is 0.480. The molecule has 13 heavy (non-hydrogen) atoms. The predicted octanol–water partition coefficient (Wildman–Crippen LogP) is 1.68. The molecule has 0 amide bonds. The van der Waals surface area contributed by atoms with Crippen LogP contribution in [-0.4, -0.2) is 15.1 Å². The minimum Gasteiger partial charge on any atom is -0.506 e. The molecule has 3 N–H and O–H groups in total. The number of nitrogen functional groups attached to an aromatic ring is 1. The Kier molecular flexibility index (Phi) is 1.81. The molecule has 0 spiro atoms. The second-order valence-corrected chi connectivity index (χ2v) is 3.26. The fourth-order valence-corrected chi connectivity index (χ4v) is 1.50. The van der Waals surface area contributed by atoms with Gasteiger partial charge in [-0.15, -0.1) is 0 Å². The maximum Gasteiger partial charge on any atom is 0.199 e. The summed E-state index contributed by atoms with van der Waals surface area (Å²) in [7, 11) is 0. The third-order valence-corrected chi connectivity index (χ3v) is 2.06. The molecule has 2 aromatic rings. The first-order valence-corrected chi connectivity index (χ1v) is 4.38. The number of hydrogen-bond acceptors (Lipinski definition) is 4. The van der Waals surface area contributed by atoms with E-state index >= 15 is 0 Å². The van der Waals surface area contributed by atoms with Crippen LogP contribution in [0.2, 0.25) is 0 Å². The number of phenols is 1. The third-order valence-electron chi connectivity index (χ3n) is 1.71. The van der Waals surface area contributed by atoms with Crippen molar-refractivity contribution >= 4 is 32.7 Å². The number of nitrogens with two attached hydrogens (primary N) is 1. The van der Waals surface area contributed by atoms with Crippen LogP contribution in [-0.2, 0) is 0 Å². The van der Waals surface area contributed by atoms with Crippen molar-refractivity contribution in [2.75, 3.05) is 5.73 Å². The van der Waals surface area contributed by atoms with Gasteiger partial charge in [-0.05, 0) is 28.1 Å². The predicted molar refractivity (Wildman–Crippen MR) is 53.3 cm³/mol. The lowest BCUT2D eigenvalue weighted by Crippen LogP contribution is -1.94. The largest absolute Gasteiger partial charge is 0.506 e. The zero-order valence-corrected chi connectivity index (χ0v) is 8.12. The van der Waals surface area contributed by atoms with Gasteiger partial charge in [-0.3, -0.25) is 0 Å². The second-order valence-electron chi connectivity index (χ2n) is 2.55. The highest BCUT2D eigenvalue weighted by Crippen LogP contribution is 2.26. The van der Waals surface area contributed by atoms with Crippen molar-refractivity contribution in [2.45, 2.75) is 0 Å². The van der Waals surface area contributed by atoms with Crippen molar-refractivity contribution in [3.63, 3.8) is 0 Å². The summed E-state index contributed by atoms with van der Waals surface area (Å²) in [5.41, 5.74) is 6.09. The van der Waals surface area contributed by atoms with Gasteiger partial charge < -0.3 is 10.8 Å². The van der Waals surface area contributed by atoms with Gasteiger partial charge in [0.1, 0.15) is 17.1 Å². The summed E-state index contributed by atoms with van der Waals surface area (Å²) in [5, 5.41) is 10.1. The molecular weight excluding hydrogens is 234 g/mol. The van der Waals surface area contributed by atoms with Crippen molar-refractivity contribution in [3.05, 3.63) is 22.9 Å². The van der Waals surface area contributed by atoms with Gasteiger partial charge in [0.15, 0.2) is 4.73 Å². The Labute approximate surface area is 82.6 Å². The number of benzene rings is 1. The highest BCUT2D eigenvalue weighted by Gasteiger charge is 2.05. The van der Waals surface area contributed by atoms with Crippen molar-refractivity contribution in [1.82, 2.24) is 9.97 Å². The van der Waals surface area contributed by atoms with E-state index in [1.807, 2.05) is 0 Å². The number of fused-ring (bicyclic) bond motifs is 1. The first-order chi connectivity index (χ1) is 6.18. The van der Waals surface area contributed by atoms with Gasteiger partial charge in [0.2, 0.25) is 0 Å². The minimum absolute atomic E-state index is 0.104. The van der Waals surface area contributed by atoms with Gasteiger partial charge in [0.25, 0.3) is 0 Å². The fourth-order valence-electron chi connectivity index (χ4n) is 1.13. The normalized spacial score (nSPS) is 10.5. The van der Waals surface area contributed by atoms with Gasteiger partial charge in [0, 0.05) is 5.39 Å². The standard InChI is InChI=1S/C8H6BrN3O/c9-8-11-6-4(7(10)12-8)2-1-3-5(6)13/h1-3,13H,(H2,10,11,12). The van der Waals surface area contributed by atoms with E-state index in [0.29, 0.717) is 21.5 Å². The van der Waals surface area contributed by atoms with Gasteiger partial charge >= 0.3 is 0 Å². The van der Waals surface area contributed by atoms with Gasteiger partial charge in [-0.25, -0.2) is 9.97 Å². The molecule has 0 aliphatic rings. The molecule has 5 heteroatoms. The van der Waals surface area contributed by atoms with E-state index in [1.165, 1.54) is 0 Å². The molecule has 1 aromatic carbocycles. The summed E-state index contributed by atoms with van der Waals surface area (Å²) in [4.78, 5) is 7.93. The van der Waals surface area contributed by atoms with E-state index in [-0.39, 0.29) is 5.75 Å². The summed E-state index contributed by atoms with van der Waals surface area (Å²) >= 11 is 3.10. The van der Waals surface area contributed by atoms with E-state index in [0.717, 1.165) is 0 Å². The van der Waals surface area contributed by atoms with Gasteiger partial charge in [0.05, 0.1) is 0 Å². The Morgan fingerprint density at radius 3 is 2.85 bits per heavy atom. The van der Waals surface area contributed by atoms with Crippen LogP contribution in [0, 0.1) is 0 Å². The van der Waals surface area contributed by atoms with E-state index in [9.17, 15) is 5.11 Å². The topological polar surface area (TPSA) is 72.0 Å². The Bertz CT molecular complexity index is 472. The molecular formula is C8H6BrN3O. The highest BCUT2D eigenvalue weighted by atomic mass is 79.9. The smallest absolute Gasteiger partial charge is 0.199 e. The lowest BCUT2D eigenvalue weighted by Gasteiger charge is -2.02. The van der Waals surface area contributed by atoms with Crippen LogP contribution < -0.4 is 5.73 Å². The Hall–Kier alpha value is -1.36. The van der Waals surface area contributed by atoms with Crippen LogP contribution >= 0.6 is 15.9 Å². The number of nitrogens with zero attached hydrogens (tertiary/aromatic N) is 2. The Balaban J connectivity index is 2.94. The summed E-state index contributed by atoms with van der Waals surface area (Å²) in [6, 6.07) is 5.02. The fraction of sp³-hybridized carbons (Fsp3) is 0. The van der Waals surface area contributed by atoms with Crippen molar-refractivity contribution in [3.8, 4) is 5.75 Å². The van der Waals surface area contributed by atoms with Crippen LogP contribution in [0.4, 0.5) is 5.82 Å². The van der Waals surface area contributed by atoms with Crippen LogP contribution in [0.5, 0.6) is 5.75 Å². The van der Waals surface area contributed by atoms with Crippen LogP contribution in [0.25, 0.3) is 10.9 Å². The number of halogens is 1. The summed E-state index contributed by atoms with van der Waals surface area (Å²) in [6.07, 6.45) is 0. The zero-order valence-electron chi connectivity index (χ0n) is 6.53. The summed E-state index contributed by atoms with van der Waals surface area (Å²) < 4.78 is 0.374. The van der Waals surface area contributed by atoms with Crippen molar-refractivity contribution in [2.24, 2.45) is 0 Å². The zero-order chi connectivity index (χ0) is 9.42. The van der Waals surface area contributed by atoms with Crippen LogP contribution in [0.1, 0.15) is 0 Å². The van der Waals surface area contributed by atoms with E-state index in [2.05, 4.69) is 25.9 Å². The molecule has 0 saturated carbocycles. The maximum absolute atomic E-state index is 9.45. The lowest BCUT2D eigenvalue weighted by atomic mass is 10.2. The molecule has 0 atom stereocenters. The molecule has 0 aliphatic heterocycles. The molecule has 1 aromatic heterocycles. The quantitative estimate of drug-likeness (QED) is 0.687. The molecule has 1 heterocycles. The highest BCUT2D eigenvalue weighted by molar-refractivity contribution is 9.10. The number of phenolic OH excluding ortho intramolecular Hbond substituents is 1. The first kappa shape index (κ1) is 8.25. The molecule has 0 radical (unpaired) electrons. The second kappa shape index (κ2) is 2.85. The van der Waals surface area contributed by atoms with E-state index in [4.69, 9.17) is 5.73 Å². The SMILES string of the molecule is Nc1nc(Br)nc2c(O)cccc12. The van der Waals surface area contributed by atoms with Gasteiger partial charge in [-0.2, -0.15) is 0 Å². The minimum atomic E-state index is 0.104. The molecule has 0 bridgehead atoms. The molecule has 0 unspecified atom stereocenters.